The second kappa shape index (κ2) is 7.01. The number of hydrogen-bond acceptors (Lipinski definition) is 1. The highest BCUT2D eigenvalue weighted by atomic mass is 16.5. The second-order valence-corrected chi connectivity index (χ2v) is 4.28. The third kappa shape index (κ3) is 4.15. The Balaban J connectivity index is 2.87. The summed E-state index contributed by atoms with van der Waals surface area (Å²) >= 11 is 0. The lowest BCUT2D eigenvalue weighted by atomic mass is 9.98. The molecule has 0 amide bonds. The van der Waals surface area contributed by atoms with Crippen molar-refractivity contribution in [1.29, 1.82) is 0 Å². The Hall–Kier alpha value is -1.42. The summed E-state index contributed by atoms with van der Waals surface area (Å²) in [4.78, 5) is 0. The summed E-state index contributed by atoms with van der Waals surface area (Å²) < 4.78 is 5.40. The molecule has 0 aromatic heterocycles. The Morgan fingerprint density at radius 2 is 2.06 bits per heavy atom. The van der Waals surface area contributed by atoms with E-state index in [9.17, 15) is 0 Å². The Morgan fingerprint density at radius 3 is 2.65 bits per heavy atom. The summed E-state index contributed by atoms with van der Waals surface area (Å²) in [5.41, 5.74) is 2.63. The van der Waals surface area contributed by atoms with Crippen LogP contribution < -0.4 is 4.74 Å². The quantitative estimate of drug-likeness (QED) is 0.714. The van der Waals surface area contributed by atoms with Gasteiger partial charge in [0.2, 0.25) is 0 Å². The molecule has 1 nitrogen and oxygen atoms in total. The summed E-state index contributed by atoms with van der Waals surface area (Å²) in [5, 5.41) is 0. The van der Waals surface area contributed by atoms with E-state index < -0.39 is 0 Å². The molecule has 0 spiro atoms. The Labute approximate surface area is 105 Å². The maximum absolute atomic E-state index is 5.40. The fourth-order valence-corrected chi connectivity index (χ4v) is 1.87. The van der Waals surface area contributed by atoms with E-state index in [4.69, 9.17) is 4.74 Å². The van der Waals surface area contributed by atoms with Crippen molar-refractivity contribution in [3.63, 3.8) is 0 Å². The number of rotatable bonds is 4. The fourth-order valence-electron chi connectivity index (χ4n) is 1.87. The van der Waals surface area contributed by atoms with Crippen molar-refractivity contribution in [2.45, 2.75) is 40.0 Å². The first kappa shape index (κ1) is 13.6. The van der Waals surface area contributed by atoms with E-state index in [1.54, 1.807) is 7.11 Å². The average molecular weight is 230 g/mol. The van der Waals surface area contributed by atoms with Gasteiger partial charge in [-0.15, -0.1) is 5.92 Å². The summed E-state index contributed by atoms with van der Waals surface area (Å²) in [6, 6.07) is 6.43. The minimum atomic E-state index is 0.385. The highest BCUT2D eigenvalue weighted by Gasteiger charge is 2.07. The van der Waals surface area contributed by atoms with Crippen LogP contribution >= 0.6 is 0 Å². The van der Waals surface area contributed by atoms with Crippen LogP contribution in [0.2, 0.25) is 0 Å². The summed E-state index contributed by atoms with van der Waals surface area (Å²) in [7, 11) is 1.73. The SMILES string of the molecule is CCC#CC(C)Cc1cc(CC)ccc1OC. The van der Waals surface area contributed by atoms with Crippen LogP contribution in [0.15, 0.2) is 18.2 Å². The molecule has 92 valence electrons. The van der Waals surface area contributed by atoms with Crippen LogP contribution in [-0.2, 0) is 12.8 Å². The normalized spacial score (nSPS) is 11.5. The van der Waals surface area contributed by atoms with E-state index in [2.05, 4.69) is 50.8 Å². The number of hydrogen-bond donors (Lipinski definition) is 0. The van der Waals surface area contributed by atoms with Crippen LogP contribution in [0.1, 0.15) is 38.3 Å². The van der Waals surface area contributed by atoms with Gasteiger partial charge in [0.05, 0.1) is 7.11 Å². The van der Waals surface area contributed by atoms with Gasteiger partial charge in [0.1, 0.15) is 5.75 Å². The van der Waals surface area contributed by atoms with Crippen molar-refractivity contribution in [3.05, 3.63) is 29.3 Å². The first-order chi connectivity index (χ1) is 8.21. The van der Waals surface area contributed by atoms with Gasteiger partial charge in [-0.1, -0.05) is 38.8 Å². The molecule has 1 aromatic carbocycles. The van der Waals surface area contributed by atoms with Crippen molar-refractivity contribution < 1.29 is 4.74 Å². The van der Waals surface area contributed by atoms with E-state index in [1.807, 2.05) is 0 Å². The van der Waals surface area contributed by atoms with Gasteiger partial charge in [0.25, 0.3) is 0 Å². The van der Waals surface area contributed by atoms with E-state index in [0.29, 0.717) is 5.92 Å². The molecule has 0 N–H and O–H groups in total. The van der Waals surface area contributed by atoms with Gasteiger partial charge < -0.3 is 4.74 Å². The molecular weight excluding hydrogens is 208 g/mol. The van der Waals surface area contributed by atoms with Crippen molar-refractivity contribution in [3.8, 4) is 17.6 Å². The van der Waals surface area contributed by atoms with Gasteiger partial charge in [-0.25, -0.2) is 0 Å². The molecule has 0 heterocycles. The minimum Gasteiger partial charge on any atom is -0.496 e. The molecule has 1 rings (SSSR count). The van der Waals surface area contributed by atoms with Gasteiger partial charge in [0.15, 0.2) is 0 Å². The maximum Gasteiger partial charge on any atom is 0.122 e. The molecule has 0 saturated carbocycles. The molecule has 1 atom stereocenters. The molecule has 0 aliphatic heterocycles. The zero-order valence-corrected chi connectivity index (χ0v) is 11.3. The first-order valence-corrected chi connectivity index (χ1v) is 6.35. The zero-order valence-electron chi connectivity index (χ0n) is 11.3. The molecule has 0 saturated heterocycles. The zero-order chi connectivity index (χ0) is 12.7. The predicted molar refractivity (Wildman–Crippen MR) is 73.3 cm³/mol. The summed E-state index contributed by atoms with van der Waals surface area (Å²) in [5.74, 6) is 7.77. The predicted octanol–water partition coefficient (Wildman–Crippen LogP) is 3.85. The highest BCUT2D eigenvalue weighted by Crippen LogP contribution is 2.23. The van der Waals surface area contributed by atoms with Crippen LogP contribution in [0.25, 0.3) is 0 Å². The minimum absolute atomic E-state index is 0.385. The number of ether oxygens (including phenoxy) is 1. The van der Waals surface area contributed by atoms with Crippen LogP contribution in [0.3, 0.4) is 0 Å². The van der Waals surface area contributed by atoms with Gasteiger partial charge in [0, 0.05) is 12.3 Å². The van der Waals surface area contributed by atoms with E-state index >= 15 is 0 Å². The number of benzene rings is 1. The maximum atomic E-state index is 5.40. The lowest BCUT2D eigenvalue weighted by molar-refractivity contribution is 0.408. The lowest BCUT2D eigenvalue weighted by Gasteiger charge is -2.11. The van der Waals surface area contributed by atoms with E-state index in [-0.39, 0.29) is 0 Å². The van der Waals surface area contributed by atoms with Crippen molar-refractivity contribution in [2.75, 3.05) is 7.11 Å². The Morgan fingerprint density at radius 1 is 1.29 bits per heavy atom. The molecule has 0 fully saturated rings. The molecule has 17 heavy (non-hydrogen) atoms. The first-order valence-electron chi connectivity index (χ1n) is 6.35. The third-order valence-corrected chi connectivity index (χ3v) is 2.80. The molecule has 1 heteroatoms. The molecule has 0 aliphatic rings. The lowest BCUT2D eigenvalue weighted by Crippen LogP contribution is -2.00. The van der Waals surface area contributed by atoms with E-state index in [0.717, 1.165) is 25.0 Å². The van der Waals surface area contributed by atoms with Crippen LogP contribution in [0.4, 0.5) is 0 Å². The number of methoxy groups -OCH3 is 1. The van der Waals surface area contributed by atoms with E-state index in [1.165, 1.54) is 11.1 Å². The average Bonchev–Trinajstić information content (AvgIpc) is 2.36. The van der Waals surface area contributed by atoms with Crippen LogP contribution in [-0.4, -0.2) is 7.11 Å². The molecule has 0 bridgehead atoms. The number of aryl methyl sites for hydroxylation is 1. The van der Waals surface area contributed by atoms with Gasteiger partial charge in [-0.3, -0.25) is 0 Å². The van der Waals surface area contributed by atoms with Crippen molar-refractivity contribution in [1.82, 2.24) is 0 Å². The van der Waals surface area contributed by atoms with Crippen LogP contribution in [0, 0.1) is 17.8 Å². The molecule has 1 aromatic rings. The van der Waals surface area contributed by atoms with Crippen molar-refractivity contribution in [2.24, 2.45) is 5.92 Å². The van der Waals surface area contributed by atoms with Crippen LogP contribution in [0.5, 0.6) is 5.75 Å². The van der Waals surface area contributed by atoms with Crippen molar-refractivity contribution >= 4 is 0 Å². The fraction of sp³-hybridized carbons (Fsp3) is 0.500. The molecule has 0 aliphatic carbocycles. The monoisotopic (exact) mass is 230 g/mol. The summed E-state index contributed by atoms with van der Waals surface area (Å²) in [6.07, 6.45) is 2.95. The third-order valence-electron chi connectivity index (χ3n) is 2.80. The van der Waals surface area contributed by atoms with Gasteiger partial charge in [-0.05, 0) is 30.0 Å². The Bertz CT molecular complexity index is 409. The smallest absolute Gasteiger partial charge is 0.122 e. The standard InChI is InChI=1S/C16H22O/c1-5-7-8-13(3)11-15-12-14(6-2)9-10-16(15)17-4/h9-10,12-13H,5-6,11H2,1-4H3. The Kier molecular flexibility index (Phi) is 5.63. The second-order valence-electron chi connectivity index (χ2n) is 4.28. The topological polar surface area (TPSA) is 9.23 Å². The highest BCUT2D eigenvalue weighted by molar-refractivity contribution is 5.38. The largest absolute Gasteiger partial charge is 0.496 e. The molecule has 0 radical (unpaired) electrons. The molecular formula is C16H22O. The molecule has 1 unspecified atom stereocenters. The summed E-state index contributed by atoms with van der Waals surface area (Å²) in [6.45, 7) is 6.42. The van der Waals surface area contributed by atoms with Gasteiger partial charge >= 0.3 is 0 Å². The van der Waals surface area contributed by atoms with Gasteiger partial charge in [-0.2, -0.15) is 0 Å².